The summed E-state index contributed by atoms with van der Waals surface area (Å²) in [7, 11) is 5.28. The van der Waals surface area contributed by atoms with Crippen LogP contribution < -0.4 is 19.7 Å². The Morgan fingerprint density at radius 1 is 1.10 bits per heavy atom. The van der Waals surface area contributed by atoms with E-state index in [-0.39, 0.29) is 11.9 Å². The van der Waals surface area contributed by atoms with Crippen LogP contribution in [0.15, 0.2) is 36.4 Å². The number of benzene rings is 2. The Morgan fingerprint density at radius 2 is 1.90 bits per heavy atom. The summed E-state index contributed by atoms with van der Waals surface area (Å²) in [4.78, 5) is 17.7. The number of carbonyl (C=O) groups is 1. The molecule has 0 unspecified atom stereocenters. The molecule has 1 saturated heterocycles. The van der Waals surface area contributed by atoms with Gasteiger partial charge in [0.15, 0.2) is 0 Å². The first-order valence-corrected chi connectivity index (χ1v) is 10.8. The Bertz CT molecular complexity index is 927. The van der Waals surface area contributed by atoms with E-state index in [4.69, 9.17) is 14.2 Å². The fraction of sp³-hybridized carbons (Fsp3) is 0.458. The summed E-state index contributed by atoms with van der Waals surface area (Å²) in [6.45, 7) is 4.69. The number of anilines is 1. The van der Waals surface area contributed by atoms with E-state index in [1.807, 2.05) is 0 Å². The SMILES string of the molecule is COc1ccc(C(=O)NC[C@@H](c2ccc3c(c2)CCN3C)N2CCOCC2)c(OC)c1. The fourth-order valence-corrected chi connectivity index (χ4v) is 4.41. The van der Waals surface area contributed by atoms with Gasteiger partial charge in [-0.2, -0.15) is 0 Å². The topological polar surface area (TPSA) is 63.3 Å². The molecule has 0 bridgehead atoms. The number of hydrogen-bond donors (Lipinski definition) is 1. The van der Waals surface area contributed by atoms with Gasteiger partial charge < -0.3 is 24.4 Å². The van der Waals surface area contributed by atoms with E-state index in [9.17, 15) is 4.79 Å². The predicted octanol–water partition coefficient (Wildman–Crippen LogP) is 2.50. The number of methoxy groups -OCH3 is 2. The first-order valence-electron chi connectivity index (χ1n) is 10.8. The summed E-state index contributed by atoms with van der Waals surface area (Å²) in [6, 6.07) is 12.0. The number of amides is 1. The van der Waals surface area contributed by atoms with Crippen LogP contribution in [0.3, 0.4) is 0 Å². The van der Waals surface area contributed by atoms with Crippen molar-refractivity contribution in [3.05, 3.63) is 53.1 Å². The van der Waals surface area contributed by atoms with Crippen LogP contribution in [-0.2, 0) is 11.2 Å². The van der Waals surface area contributed by atoms with Crippen LogP contribution in [0.2, 0.25) is 0 Å². The zero-order chi connectivity index (χ0) is 21.8. The van der Waals surface area contributed by atoms with E-state index >= 15 is 0 Å². The lowest BCUT2D eigenvalue weighted by Crippen LogP contribution is -2.43. The van der Waals surface area contributed by atoms with Crippen LogP contribution in [0.1, 0.15) is 27.5 Å². The molecule has 0 aromatic heterocycles. The molecule has 2 aromatic rings. The number of fused-ring (bicyclic) bond motifs is 1. The lowest BCUT2D eigenvalue weighted by atomic mass is 10.00. The smallest absolute Gasteiger partial charge is 0.255 e. The number of morpholine rings is 1. The minimum Gasteiger partial charge on any atom is -0.497 e. The predicted molar refractivity (Wildman–Crippen MR) is 120 cm³/mol. The standard InChI is InChI=1S/C24H31N3O4/c1-26-9-8-18-14-17(4-7-21(18)26)22(27-10-12-31-13-11-27)16-25-24(28)20-6-5-19(29-2)15-23(20)30-3/h4-7,14-15,22H,8-13,16H2,1-3H3,(H,25,28)/t22-/m0/s1. The van der Waals surface area contributed by atoms with Gasteiger partial charge in [-0.25, -0.2) is 0 Å². The highest BCUT2D eigenvalue weighted by molar-refractivity contribution is 5.97. The molecule has 1 N–H and O–H groups in total. The number of ether oxygens (including phenoxy) is 3. The highest BCUT2D eigenvalue weighted by Crippen LogP contribution is 2.31. The second-order valence-corrected chi connectivity index (χ2v) is 8.00. The molecule has 1 amide bonds. The molecule has 0 radical (unpaired) electrons. The van der Waals surface area contributed by atoms with Crippen molar-refractivity contribution in [1.82, 2.24) is 10.2 Å². The largest absolute Gasteiger partial charge is 0.497 e. The first-order chi connectivity index (χ1) is 15.1. The van der Waals surface area contributed by atoms with Crippen molar-refractivity contribution >= 4 is 11.6 Å². The van der Waals surface area contributed by atoms with Crippen LogP contribution in [-0.4, -0.2) is 71.5 Å². The molecular formula is C24H31N3O4. The Labute approximate surface area is 183 Å². The Kier molecular flexibility index (Phi) is 6.63. The van der Waals surface area contributed by atoms with Gasteiger partial charge in [0.05, 0.1) is 39.0 Å². The highest BCUT2D eigenvalue weighted by Gasteiger charge is 2.26. The van der Waals surface area contributed by atoms with E-state index < -0.39 is 0 Å². The molecule has 7 nitrogen and oxygen atoms in total. The van der Waals surface area contributed by atoms with Crippen molar-refractivity contribution in [2.75, 3.05) is 65.6 Å². The summed E-state index contributed by atoms with van der Waals surface area (Å²) in [5.41, 5.74) is 4.41. The molecule has 166 valence electrons. The number of hydrogen-bond acceptors (Lipinski definition) is 6. The van der Waals surface area contributed by atoms with Crippen LogP contribution in [0.5, 0.6) is 11.5 Å². The summed E-state index contributed by atoms with van der Waals surface area (Å²) in [6.07, 6.45) is 1.06. The van der Waals surface area contributed by atoms with Crippen molar-refractivity contribution < 1.29 is 19.0 Å². The number of rotatable bonds is 7. The molecule has 2 aliphatic heterocycles. The third-order valence-electron chi connectivity index (χ3n) is 6.21. The van der Waals surface area contributed by atoms with Gasteiger partial charge in [-0.1, -0.05) is 12.1 Å². The molecule has 1 atom stereocenters. The molecule has 1 fully saturated rings. The summed E-state index contributed by atoms with van der Waals surface area (Å²) in [5.74, 6) is 1.00. The van der Waals surface area contributed by atoms with Crippen molar-refractivity contribution in [3.8, 4) is 11.5 Å². The molecule has 31 heavy (non-hydrogen) atoms. The lowest BCUT2D eigenvalue weighted by molar-refractivity contribution is 0.0162. The first kappa shape index (κ1) is 21.5. The van der Waals surface area contributed by atoms with Crippen molar-refractivity contribution in [1.29, 1.82) is 0 Å². The normalized spacial score (nSPS) is 17.2. The van der Waals surface area contributed by atoms with E-state index in [0.717, 1.165) is 26.1 Å². The molecule has 4 rings (SSSR count). The van der Waals surface area contributed by atoms with E-state index in [0.29, 0.717) is 36.8 Å². The van der Waals surface area contributed by atoms with Gasteiger partial charge in [0.1, 0.15) is 11.5 Å². The van der Waals surface area contributed by atoms with Crippen molar-refractivity contribution in [2.24, 2.45) is 0 Å². The second-order valence-electron chi connectivity index (χ2n) is 8.00. The number of nitrogens with one attached hydrogen (secondary N) is 1. The van der Waals surface area contributed by atoms with Crippen LogP contribution in [0.25, 0.3) is 0 Å². The third kappa shape index (κ3) is 4.62. The summed E-state index contributed by atoms with van der Waals surface area (Å²) in [5, 5.41) is 3.13. The zero-order valence-corrected chi connectivity index (χ0v) is 18.5. The number of nitrogens with zero attached hydrogens (tertiary/aromatic N) is 2. The van der Waals surface area contributed by atoms with E-state index in [1.165, 1.54) is 16.8 Å². The third-order valence-corrected chi connectivity index (χ3v) is 6.21. The van der Waals surface area contributed by atoms with Gasteiger partial charge in [-0.15, -0.1) is 0 Å². The average molecular weight is 426 g/mol. The van der Waals surface area contributed by atoms with Gasteiger partial charge in [0, 0.05) is 45.0 Å². The van der Waals surface area contributed by atoms with Crippen LogP contribution in [0.4, 0.5) is 5.69 Å². The van der Waals surface area contributed by atoms with Crippen molar-refractivity contribution in [3.63, 3.8) is 0 Å². The molecule has 2 heterocycles. The molecule has 0 aliphatic carbocycles. The number of likely N-dealkylation sites (N-methyl/N-ethyl adjacent to an activating group) is 1. The second kappa shape index (κ2) is 9.58. The van der Waals surface area contributed by atoms with E-state index in [1.54, 1.807) is 32.4 Å². The van der Waals surface area contributed by atoms with Gasteiger partial charge in [0.2, 0.25) is 0 Å². The summed E-state index contributed by atoms with van der Waals surface area (Å²) >= 11 is 0. The van der Waals surface area contributed by atoms with Gasteiger partial charge >= 0.3 is 0 Å². The maximum Gasteiger partial charge on any atom is 0.255 e. The zero-order valence-electron chi connectivity index (χ0n) is 18.5. The van der Waals surface area contributed by atoms with Gasteiger partial charge in [-0.05, 0) is 35.7 Å². The molecular weight excluding hydrogens is 394 g/mol. The molecule has 2 aliphatic rings. The minimum absolute atomic E-state index is 0.0910. The van der Waals surface area contributed by atoms with Gasteiger partial charge in [-0.3, -0.25) is 9.69 Å². The fourth-order valence-electron chi connectivity index (χ4n) is 4.41. The summed E-state index contributed by atoms with van der Waals surface area (Å²) < 4.78 is 16.2. The average Bonchev–Trinajstić information content (AvgIpc) is 3.19. The molecule has 0 saturated carbocycles. The maximum atomic E-state index is 13.0. The Morgan fingerprint density at radius 3 is 2.65 bits per heavy atom. The lowest BCUT2D eigenvalue weighted by Gasteiger charge is -2.35. The van der Waals surface area contributed by atoms with Gasteiger partial charge in [0.25, 0.3) is 5.91 Å². The highest BCUT2D eigenvalue weighted by atomic mass is 16.5. The minimum atomic E-state index is -0.154. The van der Waals surface area contributed by atoms with Crippen molar-refractivity contribution in [2.45, 2.75) is 12.5 Å². The maximum absolute atomic E-state index is 13.0. The number of carbonyl (C=O) groups excluding carboxylic acids is 1. The quantitative estimate of drug-likeness (QED) is 0.736. The molecule has 2 aromatic carbocycles. The van der Waals surface area contributed by atoms with Crippen LogP contribution >= 0.6 is 0 Å². The Balaban J connectivity index is 1.54. The van der Waals surface area contributed by atoms with E-state index in [2.05, 4.69) is 40.4 Å². The molecule has 7 heteroatoms. The van der Waals surface area contributed by atoms with Crippen LogP contribution in [0, 0.1) is 0 Å². The Hall–Kier alpha value is -2.77. The molecule has 0 spiro atoms. The monoisotopic (exact) mass is 425 g/mol.